The molecule has 4 aliphatic heterocycles. The third-order valence-electron chi connectivity index (χ3n) is 11.5. The summed E-state index contributed by atoms with van der Waals surface area (Å²) in [6, 6.07) is 11.7. The van der Waals surface area contributed by atoms with E-state index in [-0.39, 0.29) is 54.3 Å². The smallest absolute Gasteiger partial charge is 0.262 e. The number of nitrogens with zero attached hydrogens (tertiary/aromatic N) is 5. The zero-order valence-corrected chi connectivity index (χ0v) is 31.1. The number of aromatic amines is 1. The molecule has 2 aromatic carbocycles. The minimum atomic E-state index is -1.05. The summed E-state index contributed by atoms with van der Waals surface area (Å²) in [4.78, 5) is 91.9. The Morgan fingerprint density at radius 3 is 2.55 bits per heavy atom. The second kappa shape index (κ2) is 14.6. The monoisotopic (exact) mass is 764 g/mol. The average molecular weight is 765 g/mol. The highest BCUT2D eigenvalue weighted by Gasteiger charge is 2.45. The van der Waals surface area contributed by atoms with Crippen LogP contribution in [-0.4, -0.2) is 100 Å². The third kappa shape index (κ3) is 6.63. The van der Waals surface area contributed by atoms with E-state index < -0.39 is 29.7 Å². The zero-order chi connectivity index (χ0) is 38.5. The number of carbonyl (C=O) groups is 6. The van der Waals surface area contributed by atoms with E-state index in [4.69, 9.17) is 17.3 Å². The first-order valence-electron chi connectivity index (χ1n) is 18.7. The van der Waals surface area contributed by atoms with Crippen molar-refractivity contribution in [2.24, 2.45) is 11.7 Å². The van der Waals surface area contributed by atoms with Gasteiger partial charge in [0.15, 0.2) is 0 Å². The van der Waals surface area contributed by atoms with E-state index in [1.807, 2.05) is 30.5 Å². The molecule has 4 aromatic rings. The number of pyridine rings is 1. The molecule has 8 rings (SSSR count). The Labute approximate surface area is 321 Å². The number of imide groups is 2. The van der Waals surface area contributed by atoms with Gasteiger partial charge in [-0.15, -0.1) is 0 Å². The fourth-order valence-electron chi connectivity index (χ4n) is 8.52. The Kier molecular flexibility index (Phi) is 9.64. The summed E-state index contributed by atoms with van der Waals surface area (Å²) in [5.74, 6) is -2.94. The fraction of sp³-hybridized carbons (Fsp3) is 0.375. The number of aromatic nitrogens is 2. The Bertz CT molecular complexity index is 2270. The van der Waals surface area contributed by atoms with Gasteiger partial charge in [-0.25, -0.2) is 4.98 Å². The molecule has 0 bridgehead atoms. The number of piperazine rings is 1. The number of anilines is 2. The molecule has 3 saturated heterocycles. The van der Waals surface area contributed by atoms with Gasteiger partial charge < -0.3 is 20.5 Å². The molecule has 6 amide bonds. The van der Waals surface area contributed by atoms with Gasteiger partial charge in [0.2, 0.25) is 23.6 Å². The molecule has 4 aliphatic rings. The Morgan fingerprint density at radius 2 is 1.78 bits per heavy atom. The first kappa shape index (κ1) is 36.4. The molecule has 55 heavy (non-hydrogen) atoms. The van der Waals surface area contributed by atoms with Gasteiger partial charge in [0.05, 0.1) is 22.7 Å². The fourth-order valence-corrected chi connectivity index (χ4v) is 8.89. The average Bonchev–Trinajstić information content (AvgIpc) is 3.72. The lowest BCUT2D eigenvalue weighted by Gasteiger charge is -2.42. The van der Waals surface area contributed by atoms with Gasteiger partial charge in [0, 0.05) is 79.3 Å². The van der Waals surface area contributed by atoms with Crippen LogP contribution < -0.4 is 20.9 Å². The van der Waals surface area contributed by atoms with Crippen molar-refractivity contribution in [2.45, 2.75) is 57.5 Å². The minimum Gasteiger partial charge on any atom is -0.369 e. The lowest BCUT2D eigenvalue weighted by atomic mass is 9.88. The lowest BCUT2D eigenvalue weighted by Crippen LogP contribution is -2.54. The third-order valence-corrected chi connectivity index (χ3v) is 11.9. The largest absolute Gasteiger partial charge is 0.369 e. The topological polar surface area (TPSA) is 182 Å². The number of nitrogens with one attached hydrogen (secondary N) is 2. The summed E-state index contributed by atoms with van der Waals surface area (Å²) >= 11 is 6.91. The standard InChI is InChI=1S/C40H41ClN8O6/c1-2-22-19-43-37-34(22)35(41)30(20-44-37)23-4-3-5-25(16-23)48-15-14-46(21-33(48)51)12-11-27-17-24(36(42)52)10-13-47(27)26-6-7-28-29(18-26)40(55)49(39(28)54)31-8-9-32(50)45-38(31)53/h3-7,16,18-20,24,27,31H,2,8-15,17,21H2,1H3,(H2,42,52)(H,43,44)(H,45,50,53). The van der Waals surface area contributed by atoms with Gasteiger partial charge in [0.1, 0.15) is 11.7 Å². The highest BCUT2D eigenvalue weighted by atomic mass is 35.5. The number of halogens is 1. The number of fused-ring (bicyclic) bond motifs is 2. The quantitative estimate of drug-likeness (QED) is 0.214. The maximum atomic E-state index is 13.6. The number of hydrogen-bond acceptors (Lipinski definition) is 9. The molecule has 3 fully saturated rings. The first-order chi connectivity index (χ1) is 26.5. The Morgan fingerprint density at radius 1 is 0.964 bits per heavy atom. The molecule has 2 aromatic heterocycles. The molecule has 0 aliphatic carbocycles. The molecule has 0 spiro atoms. The Hall–Kier alpha value is -5.60. The number of benzene rings is 2. The van der Waals surface area contributed by atoms with E-state index >= 15 is 0 Å². The molecule has 0 saturated carbocycles. The minimum absolute atomic E-state index is 0.0279. The predicted octanol–water partition coefficient (Wildman–Crippen LogP) is 3.66. The zero-order valence-electron chi connectivity index (χ0n) is 30.3. The van der Waals surface area contributed by atoms with Crippen LogP contribution in [0.25, 0.3) is 22.2 Å². The van der Waals surface area contributed by atoms with Crippen LogP contribution >= 0.6 is 11.6 Å². The van der Waals surface area contributed by atoms with Gasteiger partial charge >= 0.3 is 0 Å². The van der Waals surface area contributed by atoms with Crippen molar-refractivity contribution in [3.05, 3.63) is 76.6 Å². The van der Waals surface area contributed by atoms with E-state index in [1.54, 1.807) is 29.3 Å². The summed E-state index contributed by atoms with van der Waals surface area (Å²) in [7, 11) is 0. The van der Waals surface area contributed by atoms with Crippen LogP contribution in [0, 0.1) is 5.92 Å². The first-order valence-corrected chi connectivity index (χ1v) is 19.1. The van der Waals surface area contributed by atoms with E-state index in [0.29, 0.717) is 50.5 Å². The normalized spacial score (nSPS) is 22.1. The van der Waals surface area contributed by atoms with Crippen molar-refractivity contribution >= 4 is 69.5 Å². The number of nitrogens with two attached hydrogens (primary N) is 1. The number of carbonyl (C=O) groups excluding carboxylic acids is 6. The maximum Gasteiger partial charge on any atom is 0.262 e. The second-order valence-electron chi connectivity index (χ2n) is 14.7. The SMILES string of the molecule is CCc1c[nH]c2ncc(-c3cccc(N4CCN(CCC5CC(C(N)=O)CCN5c5ccc6c(c5)C(=O)N(C5CCC(=O)NC5=O)C6=O)CC4=O)c3)c(Cl)c12. The molecule has 3 atom stereocenters. The molecule has 4 N–H and O–H groups in total. The molecule has 3 unspecified atom stereocenters. The van der Waals surface area contributed by atoms with E-state index in [1.165, 1.54) is 0 Å². The molecule has 284 valence electrons. The van der Waals surface area contributed by atoms with Crippen LogP contribution in [0.4, 0.5) is 11.4 Å². The van der Waals surface area contributed by atoms with Crippen LogP contribution in [0.3, 0.4) is 0 Å². The number of aryl methyl sites for hydroxylation is 1. The molecule has 6 heterocycles. The maximum absolute atomic E-state index is 13.6. The summed E-state index contributed by atoms with van der Waals surface area (Å²) in [5, 5.41) is 3.76. The summed E-state index contributed by atoms with van der Waals surface area (Å²) in [6.07, 6.45) is 6.30. The van der Waals surface area contributed by atoms with Gasteiger partial charge in [-0.1, -0.05) is 30.7 Å². The highest BCUT2D eigenvalue weighted by Crippen LogP contribution is 2.38. The molecule has 15 heteroatoms. The van der Waals surface area contributed by atoms with Crippen LogP contribution in [-0.2, 0) is 25.6 Å². The number of rotatable bonds is 9. The summed E-state index contributed by atoms with van der Waals surface area (Å²) < 4.78 is 0. The van der Waals surface area contributed by atoms with Crippen LogP contribution in [0.1, 0.15) is 65.3 Å². The van der Waals surface area contributed by atoms with Gasteiger partial charge in [0.25, 0.3) is 11.8 Å². The van der Waals surface area contributed by atoms with Crippen molar-refractivity contribution in [1.29, 1.82) is 0 Å². The van der Waals surface area contributed by atoms with Gasteiger partial charge in [-0.2, -0.15) is 0 Å². The van der Waals surface area contributed by atoms with E-state index in [0.717, 1.165) is 50.4 Å². The molecule has 14 nitrogen and oxygen atoms in total. The summed E-state index contributed by atoms with van der Waals surface area (Å²) in [5.41, 5.74) is 11.2. The second-order valence-corrected chi connectivity index (χ2v) is 15.1. The molecular formula is C40H41ClN8O6. The summed E-state index contributed by atoms with van der Waals surface area (Å²) in [6.45, 7) is 4.53. The van der Waals surface area contributed by atoms with Crippen molar-refractivity contribution in [2.75, 3.05) is 42.5 Å². The highest BCUT2D eigenvalue weighted by molar-refractivity contribution is 6.38. The van der Waals surface area contributed by atoms with E-state index in [2.05, 4.69) is 32.0 Å². The predicted molar refractivity (Wildman–Crippen MR) is 205 cm³/mol. The molecular weight excluding hydrogens is 724 g/mol. The lowest BCUT2D eigenvalue weighted by molar-refractivity contribution is -0.136. The van der Waals surface area contributed by atoms with E-state index in [9.17, 15) is 28.8 Å². The van der Waals surface area contributed by atoms with Crippen molar-refractivity contribution in [3.8, 4) is 11.1 Å². The van der Waals surface area contributed by atoms with Crippen LogP contribution in [0.15, 0.2) is 54.9 Å². The van der Waals surface area contributed by atoms with Gasteiger partial charge in [-0.05, 0) is 73.6 Å². The van der Waals surface area contributed by atoms with Gasteiger partial charge in [-0.3, -0.25) is 43.9 Å². The van der Waals surface area contributed by atoms with Crippen molar-refractivity contribution in [1.82, 2.24) is 25.1 Å². The number of H-pyrrole nitrogens is 1. The molecule has 0 radical (unpaired) electrons. The number of hydrogen-bond donors (Lipinski definition) is 3. The Balaban J connectivity index is 0.953. The van der Waals surface area contributed by atoms with Crippen molar-refractivity contribution in [3.63, 3.8) is 0 Å². The number of piperidine rings is 2. The van der Waals surface area contributed by atoms with Crippen LogP contribution in [0.5, 0.6) is 0 Å². The van der Waals surface area contributed by atoms with Crippen molar-refractivity contribution < 1.29 is 28.8 Å². The number of amides is 6. The number of primary amides is 1. The van der Waals surface area contributed by atoms with Crippen LogP contribution in [0.2, 0.25) is 5.02 Å².